The minimum absolute atomic E-state index is 0.181. The van der Waals surface area contributed by atoms with Crippen LogP contribution in [0.5, 0.6) is 0 Å². The largest absolute Gasteiger partial charge is 0.322 e. The average molecular weight is 323 g/mol. The lowest BCUT2D eigenvalue weighted by Gasteiger charge is -2.07. The van der Waals surface area contributed by atoms with Gasteiger partial charge in [-0.1, -0.05) is 24.6 Å². The first-order chi connectivity index (χ1) is 11.5. The van der Waals surface area contributed by atoms with Crippen LogP contribution < -0.4 is 10.7 Å². The Hall–Kier alpha value is -2.95. The number of carbonyl (C=O) groups is 2. The van der Waals surface area contributed by atoms with Crippen LogP contribution in [-0.2, 0) is 0 Å². The molecule has 0 saturated carbocycles. The number of carbonyl (C=O) groups excluding carboxylic acids is 2. The SMILES string of the molecule is CC/C(C)=N/NC(=O)c1ccc(NC(=O)c2cccc(C)c2)cc1. The number of anilines is 1. The van der Waals surface area contributed by atoms with Crippen molar-refractivity contribution in [3.8, 4) is 0 Å². The van der Waals surface area contributed by atoms with Crippen molar-refractivity contribution in [2.75, 3.05) is 5.32 Å². The number of nitrogens with zero attached hydrogens (tertiary/aromatic N) is 1. The molecule has 0 aromatic heterocycles. The molecule has 24 heavy (non-hydrogen) atoms. The Bertz CT molecular complexity index is 764. The molecule has 0 bridgehead atoms. The van der Waals surface area contributed by atoms with E-state index < -0.39 is 0 Å². The van der Waals surface area contributed by atoms with Crippen LogP contribution in [0.25, 0.3) is 0 Å². The number of rotatable bonds is 5. The van der Waals surface area contributed by atoms with Crippen LogP contribution >= 0.6 is 0 Å². The van der Waals surface area contributed by atoms with Crippen molar-refractivity contribution in [1.29, 1.82) is 0 Å². The molecule has 0 spiro atoms. The van der Waals surface area contributed by atoms with Crippen molar-refractivity contribution in [3.63, 3.8) is 0 Å². The van der Waals surface area contributed by atoms with Gasteiger partial charge in [0.25, 0.3) is 11.8 Å². The van der Waals surface area contributed by atoms with Gasteiger partial charge in [0.15, 0.2) is 0 Å². The summed E-state index contributed by atoms with van der Waals surface area (Å²) in [5.41, 5.74) is 6.09. The first-order valence-electron chi connectivity index (χ1n) is 7.81. The third-order valence-corrected chi connectivity index (χ3v) is 3.55. The van der Waals surface area contributed by atoms with E-state index >= 15 is 0 Å². The predicted octanol–water partition coefficient (Wildman–Crippen LogP) is 3.76. The molecular weight excluding hydrogens is 302 g/mol. The molecule has 0 aliphatic heterocycles. The minimum atomic E-state index is -0.278. The molecule has 5 heteroatoms. The van der Waals surface area contributed by atoms with Crippen molar-refractivity contribution in [3.05, 3.63) is 65.2 Å². The Morgan fingerprint density at radius 2 is 1.71 bits per heavy atom. The molecule has 2 aromatic rings. The van der Waals surface area contributed by atoms with Crippen LogP contribution in [0.2, 0.25) is 0 Å². The summed E-state index contributed by atoms with van der Waals surface area (Å²) in [5.74, 6) is -0.460. The summed E-state index contributed by atoms with van der Waals surface area (Å²) in [7, 11) is 0. The molecule has 2 aromatic carbocycles. The summed E-state index contributed by atoms with van der Waals surface area (Å²) in [5, 5.41) is 6.80. The molecular formula is C19H21N3O2. The number of aryl methyl sites for hydroxylation is 1. The van der Waals surface area contributed by atoms with Gasteiger partial charge in [-0.3, -0.25) is 9.59 Å². The van der Waals surface area contributed by atoms with Gasteiger partial charge in [-0.2, -0.15) is 5.10 Å². The lowest BCUT2D eigenvalue weighted by atomic mass is 10.1. The molecule has 0 aliphatic rings. The summed E-state index contributed by atoms with van der Waals surface area (Å²) in [6.45, 7) is 5.76. The molecule has 0 unspecified atom stereocenters. The molecule has 0 radical (unpaired) electrons. The first kappa shape index (κ1) is 17.4. The highest BCUT2D eigenvalue weighted by Gasteiger charge is 2.08. The Morgan fingerprint density at radius 3 is 2.33 bits per heavy atom. The highest BCUT2D eigenvalue weighted by atomic mass is 16.2. The van der Waals surface area contributed by atoms with Gasteiger partial charge in [0.05, 0.1) is 0 Å². The first-order valence-corrected chi connectivity index (χ1v) is 7.81. The fourth-order valence-corrected chi connectivity index (χ4v) is 1.98. The number of hydrazone groups is 1. The van der Waals surface area contributed by atoms with Gasteiger partial charge in [0.1, 0.15) is 0 Å². The third kappa shape index (κ3) is 4.78. The molecule has 2 rings (SSSR count). The predicted molar refractivity (Wildman–Crippen MR) is 96.4 cm³/mol. The number of hydrogen-bond donors (Lipinski definition) is 2. The van der Waals surface area contributed by atoms with E-state index in [1.165, 1.54) is 0 Å². The minimum Gasteiger partial charge on any atom is -0.322 e. The van der Waals surface area contributed by atoms with Crippen molar-refractivity contribution in [1.82, 2.24) is 5.43 Å². The second kappa shape index (κ2) is 8.06. The summed E-state index contributed by atoms with van der Waals surface area (Å²) in [4.78, 5) is 24.1. The lowest BCUT2D eigenvalue weighted by molar-refractivity contribution is 0.0954. The van der Waals surface area contributed by atoms with E-state index in [9.17, 15) is 9.59 Å². The lowest BCUT2D eigenvalue weighted by Crippen LogP contribution is -2.19. The van der Waals surface area contributed by atoms with Crippen LogP contribution in [0.15, 0.2) is 53.6 Å². The molecule has 0 saturated heterocycles. The Balaban J connectivity index is 2.01. The van der Waals surface area contributed by atoms with Gasteiger partial charge in [0, 0.05) is 22.5 Å². The maximum atomic E-state index is 12.2. The fraction of sp³-hybridized carbons (Fsp3) is 0.211. The van der Waals surface area contributed by atoms with Crippen LogP contribution in [0.3, 0.4) is 0 Å². The van der Waals surface area contributed by atoms with Crippen molar-refractivity contribution in [2.45, 2.75) is 27.2 Å². The Morgan fingerprint density at radius 1 is 1.00 bits per heavy atom. The number of amides is 2. The van der Waals surface area contributed by atoms with Gasteiger partial charge in [-0.25, -0.2) is 5.43 Å². The Kier molecular flexibility index (Phi) is 5.84. The fourth-order valence-electron chi connectivity index (χ4n) is 1.98. The average Bonchev–Trinajstić information content (AvgIpc) is 2.60. The third-order valence-electron chi connectivity index (χ3n) is 3.55. The normalized spacial score (nSPS) is 11.0. The molecule has 5 nitrogen and oxygen atoms in total. The summed E-state index contributed by atoms with van der Waals surface area (Å²) in [6.07, 6.45) is 0.782. The van der Waals surface area contributed by atoms with E-state index in [2.05, 4.69) is 15.8 Å². The van der Waals surface area contributed by atoms with Crippen LogP contribution in [0.4, 0.5) is 5.69 Å². The second-order valence-corrected chi connectivity index (χ2v) is 5.54. The molecule has 0 atom stereocenters. The number of benzene rings is 2. The van der Waals surface area contributed by atoms with Gasteiger partial charge in [0.2, 0.25) is 0 Å². The van der Waals surface area contributed by atoms with Gasteiger partial charge in [-0.05, 0) is 56.7 Å². The molecule has 2 N–H and O–H groups in total. The smallest absolute Gasteiger partial charge is 0.271 e. The van der Waals surface area contributed by atoms with Crippen molar-refractivity contribution in [2.24, 2.45) is 5.10 Å². The molecule has 0 aliphatic carbocycles. The molecule has 124 valence electrons. The standard InChI is InChI=1S/C19H21N3O2/c1-4-14(3)21-22-19(24)15-8-10-17(11-9-15)20-18(23)16-7-5-6-13(2)12-16/h5-12H,4H2,1-3H3,(H,20,23)(H,22,24)/b21-14+. The van der Waals surface area contributed by atoms with Crippen LogP contribution in [0.1, 0.15) is 46.5 Å². The van der Waals surface area contributed by atoms with E-state index in [-0.39, 0.29) is 11.8 Å². The van der Waals surface area contributed by atoms with E-state index in [1.807, 2.05) is 39.0 Å². The number of nitrogens with one attached hydrogen (secondary N) is 2. The second-order valence-electron chi connectivity index (χ2n) is 5.54. The highest BCUT2D eigenvalue weighted by molar-refractivity contribution is 6.04. The molecule has 2 amide bonds. The number of hydrogen-bond acceptors (Lipinski definition) is 3. The maximum Gasteiger partial charge on any atom is 0.271 e. The highest BCUT2D eigenvalue weighted by Crippen LogP contribution is 2.12. The zero-order chi connectivity index (χ0) is 17.5. The zero-order valence-corrected chi connectivity index (χ0v) is 14.1. The van der Waals surface area contributed by atoms with E-state index in [0.717, 1.165) is 17.7 Å². The van der Waals surface area contributed by atoms with Crippen LogP contribution in [-0.4, -0.2) is 17.5 Å². The zero-order valence-electron chi connectivity index (χ0n) is 14.1. The Labute approximate surface area is 141 Å². The summed E-state index contributed by atoms with van der Waals surface area (Å²) < 4.78 is 0. The summed E-state index contributed by atoms with van der Waals surface area (Å²) in [6, 6.07) is 14.1. The van der Waals surface area contributed by atoms with Crippen molar-refractivity contribution >= 4 is 23.2 Å². The maximum absolute atomic E-state index is 12.2. The van der Waals surface area contributed by atoms with E-state index in [1.54, 1.807) is 30.3 Å². The van der Waals surface area contributed by atoms with Gasteiger partial charge < -0.3 is 5.32 Å². The topological polar surface area (TPSA) is 70.6 Å². The van der Waals surface area contributed by atoms with Crippen LogP contribution in [0, 0.1) is 6.92 Å². The van der Waals surface area contributed by atoms with Crippen molar-refractivity contribution < 1.29 is 9.59 Å². The summed E-state index contributed by atoms with van der Waals surface area (Å²) >= 11 is 0. The quantitative estimate of drug-likeness (QED) is 0.649. The molecule has 0 fully saturated rings. The monoisotopic (exact) mass is 323 g/mol. The van der Waals surface area contributed by atoms with Gasteiger partial charge >= 0.3 is 0 Å². The van der Waals surface area contributed by atoms with E-state index in [4.69, 9.17) is 0 Å². The van der Waals surface area contributed by atoms with Gasteiger partial charge in [-0.15, -0.1) is 0 Å². The molecule has 0 heterocycles. The van der Waals surface area contributed by atoms with E-state index in [0.29, 0.717) is 16.8 Å².